The largest absolute Gasteiger partial charge is 0.394 e. The normalized spacial score (nSPS) is 41.1. The molecule has 3 aliphatic rings. The van der Waals surface area contributed by atoms with E-state index in [2.05, 4.69) is 46.5 Å². The van der Waals surface area contributed by atoms with Crippen molar-refractivity contribution in [3.05, 3.63) is 22.7 Å². The molecule has 0 radical (unpaired) electrons. The first-order valence-corrected chi connectivity index (χ1v) is 12.7. The number of aliphatic hydroxyl groups excluding tert-OH is 1. The third-order valence-electron chi connectivity index (χ3n) is 5.80. The van der Waals surface area contributed by atoms with Gasteiger partial charge in [0.25, 0.3) is 0 Å². The van der Waals surface area contributed by atoms with E-state index in [4.69, 9.17) is 19.3 Å². The molecule has 10 heteroatoms. The fourth-order valence-corrected chi connectivity index (χ4v) is 12.5. The zero-order valence-corrected chi connectivity index (χ0v) is 19.0. The number of rotatable bonds is 1. The van der Waals surface area contributed by atoms with Gasteiger partial charge in [0.2, 0.25) is 0 Å². The highest BCUT2D eigenvalue weighted by Crippen LogP contribution is 2.64. The highest BCUT2D eigenvalue weighted by molar-refractivity contribution is 6.80. The molecule has 3 fully saturated rings. The van der Waals surface area contributed by atoms with Crippen LogP contribution < -0.4 is 11.4 Å². The fraction of sp³-hybridized carbons (Fsp3) is 0.765. The second-order valence-corrected chi connectivity index (χ2v) is 17.2. The molecule has 150 valence electrons. The zero-order valence-electron chi connectivity index (χ0n) is 16.7. The lowest BCUT2D eigenvalue weighted by molar-refractivity contribution is -0.0742. The van der Waals surface area contributed by atoms with Crippen LogP contribution in [0.5, 0.6) is 0 Å². The Hall–Kier alpha value is -1.05. The molecule has 1 aromatic heterocycles. The van der Waals surface area contributed by atoms with Crippen molar-refractivity contribution in [3.8, 4) is 0 Å². The molecule has 3 unspecified atom stereocenters. The van der Waals surface area contributed by atoms with E-state index in [1.165, 1.54) is 16.8 Å². The summed E-state index contributed by atoms with van der Waals surface area (Å²) in [5.74, 6) is 0.144. The van der Waals surface area contributed by atoms with Crippen molar-refractivity contribution in [1.82, 2.24) is 9.55 Å². The van der Waals surface area contributed by atoms with Crippen molar-refractivity contribution in [3.63, 3.8) is 0 Å². The number of hydrogen-bond acceptors (Lipinski definition) is 7. The average Bonchev–Trinajstić information content (AvgIpc) is 3.11. The summed E-state index contributed by atoms with van der Waals surface area (Å²) in [6.45, 7) is 12.9. The Morgan fingerprint density at radius 2 is 1.89 bits per heavy atom. The molecule has 3 aliphatic heterocycles. The quantitative estimate of drug-likeness (QED) is 0.643. The van der Waals surface area contributed by atoms with Crippen LogP contribution in [-0.2, 0) is 13.6 Å². The summed E-state index contributed by atoms with van der Waals surface area (Å²) in [5, 5.41) is 10.5. The molecule has 3 N–H and O–H groups in total. The van der Waals surface area contributed by atoms with E-state index in [0.717, 1.165) is 0 Å². The molecule has 0 aromatic carbocycles. The van der Waals surface area contributed by atoms with E-state index in [9.17, 15) is 9.90 Å². The lowest BCUT2D eigenvalue weighted by Crippen LogP contribution is -2.51. The molecule has 4 heterocycles. The van der Waals surface area contributed by atoms with Gasteiger partial charge in [-0.2, -0.15) is 4.98 Å². The lowest BCUT2D eigenvalue weighted by atomic mass is 10.1. The first kappa shape index (κ1) is 19.3. The van der Waals surface area contributed by atoms with Crippen LogP contribution in [0.3, 0.4) is 0 Å². The number of ether oxygens (including phenoxy) is 1. The van der Waals surface area contributed by atoms with Crippen molar-refractivity contribution in [2.24, 2.45) is 0 Å². The minimum absolute atomic E-state index is 0.00392. The Morgan fingerprint density at radius 3 is 2.44 bits per heavy atom. The third-order valence-corrected chi connectivity index (χ3v) is 13.1. The summed E-state index contributed by atoms with van der Waals surface area (Å²) >= 11 is 0. The molecule has 0 saturated carbocycles. The summed E-state index contributed by atoms with van der Waals surface area (Å²) in [5.41, 5.74) is 5.06. The van der Waals surface area contributed by atoms with Crippen LogP contribution in [0.4, 0.5) is 5.82 Å². The molecule has 0 aliphatic carbocycles. The summed E-state index contributed by atoms with van der Waals surface area (Å²) in [4.78, 5) is 16.1. The number of nitrogens with two attached hydrogens (primary N) is 1. The molecule has 8 nitrogen and oxygen atoms in total. The van der Waals surface area contributed by atoms with Crippen LogP contribution in [0.15, 0.2) is 17.1 Å². The summed E-state index contributed by atoms with van der Waals surface area (Å²) in [6.07, 6.45) is -0.722. The molecule has 4 rings (SSSR count). The predicted molar refractivity (Wildman–Crippen MR) is 105 cm³/mol. The summed E-state index contributed by atoms with van der Waals surface area (Å²) in [7, 11) is -3.63. The minimum atomic E-state index is -2.03. The minimum Gasteiger partial charge on any atom is -0.394 e. The van der Waals surface area contributed by atoms with Crippen LogP contribution in [0.1, 0.15) is 47.8 Å². The van der Waals surface area contributed by atoms with Crippen LogP contribution in [0, 0.1) is 0 Å². The van der Waals surface area contributed by atoms with E-state index < -0.39 is 47.4 Å². The van der Waals surface area contributed by atoms with Gasteiger partial charge in [0.05, 0.1) is 5.73 Å². The van der Waals surface area contributed by atoms with Crippen LogP contribution >= 0.6 is 0 Å². The number of anilines is 1. The van der Waals surface area contributed by atoms with Crippen molar-refractivity contribution in [2.75, 3.05) is 5.73 Å². The molecule has 0 amide bonds. The topological polar surface area (TPSA) is 109 Å². The van der Waals surface area contributed by atoms with Crippen molar-refractivity contribution < 1.29 is 18.7 Å². The number of hydrogen-bond donors (Lipinski definition) is 2. The summed E-state index contributed by atoms with van der Waals surface area (Å²) in [6, 6.07) is 1.53. The lowest BCUT2D eigenvalue weighted by Gasteiger charge is -2.37. The van der Waals surface area contributed by atoms with Gasteiger partial charge in [0.1, 0.15) is 32.0 Å². The number of nitrogen functional groups attached to an aromatic ring is 1. The van der Waals surface area contributed by atoms with Crippen LogP contribution in [0.2, 0.25) is 10.1 Å². The Bertz CT molecular complexity index is 820. The van der Waals surface area contributed by atoms with E-state index in [1.807, 2.05) is 0 Å². The monoisotopic (exact) mass is 411 g/mol. The second kappa shape index (κ2) is 5.74. The first-order valence-electron chi connectivity index (χ1n) is 9.39. The maximum atomic E-state index is 12.3. The average molecular weight is 412 g/mol. The molecule has 1 spiro atoms. The maximum Gasteiger partial charge on any atom is 0.351 e. The van der Waals surface area contributed by atoms with Crippen LogP contribution in [-0.4, -0.2) is 55.9 Å². The number of nitrogens with zero attached hydrogens (tertiary/aromatic N) is 2. The molecular weight excluding hydrogens is 382 g/mol. The van der Waals surface area contributed by atoms with Gasteiger partial charge in [-0.25, -0.2) is 4.79 Å². The highest BCUT2D eigenvalue weighted by atomic mass is 28.3. The predicted octanol–water partition coefficient (Wildman–Crippen LogP) is 0.378. The summed E-state index contributed by atoms with van der Waals surface area (Å²) < 4.78 is 20.6. The van der Waals surface area contributed by atoms with Crippen molar-refractivity contribution in [1.29, 1.82) is 0 Å². The van der Waals surface area contributed by atoms with Gasteiger partial charge in [-0.15, -0.1) is 0 Å². The molecule has 7 atom stereocenters. The van der Waals surface area contributed by atoms with Gasteiger partial charge < -0.3 is 24.4 Å². The van der Waals surface area contributed by atoms with Crippen molar-refractivity contribution >= 4 is 23.9 Å². The van der Waals surface area contributed by atoms with Gasteiger partial charge in [0, 0.05) is 11.2 Å². The Balaban J connectivity index is 1.74. The maximum absolute atomic E-state index is 12.3. The first-order chi connectivity index (χ1) is 12.4. The van der Waals surface area contributed by atoms with Gasteiger partial charge in [0.15, 0.2) is 6.23 Å². The smallest absolute Gasteiger partial charge is 0.351 e. The fourth-order valence-electron chi connectivity index (χ4n) is 4.64. The SMILES string of the molecule is CC(C)(C)[SiH]1OC2[SiH](C(C)(C)C)[C@@]23O[C@@H](n2ccc(N)nc2=O)[C@H](O)[C@@H]3O1. The standard InChI is InChI=1S/C17H29N3O5Si2/c1-15(2,3)26-13-17(26)11(24-27(25-13)16(4,5)6)10(21)12(23-17)20-8-7-9(18)19-14(20)22/h7-8,10-13,21,26-27H,1-6H3,(H2,18,19,22)/t10-,11+,12-,13?,17-,26?,27?/m1/s1. The molecule has 0 bridgehead atoms. The second-order valence-electron chi connectivity index (χ2n) is 10.0. The highest BCUT2D eigenvalue weighted by Gasteiger charge is 2.83. The van der Waals surface area contributed by atoms with Gasteiger partial charge in [-0.3, -0.25) is 4.57 Å². The molecule has 1 aromatic rings. The van der Waals surface area contributed by atoms with E-state index in [-0.39, 0.29) is 21.6 Å². The molecule has 3 saturated heterocycles. The van der Waals surface area contributed by atoms with Crippen molar-refractivity contribution in [2.45, 2.75) is 81.0 Å². The zero-order chi connectivity index (χ0) is 19.9. The third kappa shape index (κ3) is 2.77. The van der Waals surface area contributed by atoms with Gasteiger partial charge >= 0.3 is 15.0 Å². The Labute approximate surface area is 162 Å². The van der Waals surface area contributed by atoms with Gasteiger partial charge in [-0.05, 0) is 11.1 Å². The molecular formula is C17H29N3O5Si2. The Morgan fingerprint density at radius 1 is 1.22 bits per heavy atom. The number of aromatic nitrogens is 2. The Kier molecular flexibility index (Phi) is 4.10. The van der Waals surface area contributed by atoms with E-state index >= 15 is 0 Å². The van der Waals surface area contributed by atoms with E-state index in [0.29, 0.717) is 0 Å². The van der Waals surface area contributed by atoms with Gasteiger partial charge in [-0.1, -0.05) is 41.5 Å². The molecule has 27 heavy (non-hydrogen) atoms. The van der Waals surface area contributed by atoms with Crippen LogP contribution in [0.25, 0.3) is 0 Å². The van der Waals surface area contributed by atoms with E-state index in [1.54, 1.807) is 0 Å². The number of aliphatic hydroxyl groups is 1.